The molecular formula is C11H18N4O2S2. The van der Waals surface area contributed by atoms with Crippen molar-refractivity contribution in [2.75, 3.05) is 20.6 Å². The third-order valence-electron chi connectivity index (χ3n) is 2.29. The summed E-state index contributed by atoms with van der Waals surface area (Å²) in [4.78, 5) is 6.05. The molecule has 0 fully saturated rings. The fourth-order valence-electron chi connectivity index (χ4n) is 1.60. The average molecular weight is 302 g/mol. The summed E-state index contributed by atoms with van der Waals surface area (Å²) in [5.41, 5.74) is 5.81. The van der Waals surface area contributed by atoms with Crippen molar-refractivity contribution in [3.8, 4) is 0 Å². The van der Waals surface area contributed by atoms with Crippen molar-refractivity contribution in [2.45, 2.75) is 17.9 Å². The highest BCUT2D eigenvalue weighted by molar-refractivity contribution is 7.89. The summed E-state index contributed by atoms with van der Waals surface area (Å²) in [6.07, 6.45) is 1.25. The van der Waals surface area contributed by atoms with Crippen molar-refractivity contribution >= 4 is 27.2 Å². The molecule has 1 atom stereocenters. The lowest BCUT2D eigenvalue weighted by atomic mass is 10.3. The van der Waals surface area contributed by atoms with Crippen molar-refractivity contribution < 1.29 is 8.42 Å². The Morgan fingerprint density at radius 2 is 2.16 bits per heavy atom. The molecule has 0 amide bonds. The molecule has 0 aliphatic heterocycles. The molecule has 0 radical (unpaired) electrons. The second kappa shape index (κ2) is 6.38. The molecule has 1 aromatic heterocycles. The third-order valence-corrected chi connectivity index (χ3v) is 4.08. The maximum atomic E-state index is 12.1. The van der Waals surface area contributed by atoms with Gasteiger partial charge in [0, 0.05) is 18.8 Å². The first kappa shape index (κ1) is 16.0. The number of aromatic nitrogens is 1. The topological polar surface area (TPSA) is 88.3 Å². The number of thiocarbonyl (C=S) groups is 1. The van der Waals surface area contributed by atoms with Gasteiger partial charge >= 0.3 is 0 Å². The van der Waals surface area contributed by atoms with Crippen LogP contribution < -0.4 is 10.5 Å². The van der Waals surface area contributed by atoms with Crippen molar-refractivity contribution in [3.05, 3.63) is 24.0 Å². The number of pyridine rings is 1. The first-order valence-electron chi connectivity index (χ1n) is 5.65. The lowest BCUT2D eigenvalue weighted by Gasteiger charge is -2.18. The highest BCUT2D eigenvalue weighted by Gasteiger charge is 2.18. The van der Waals surface area contributed by atoms with Crippen LogP contribution in [0.4, 0.5) is 0 Å². The summed E-state index contributed by atoms with van der Waals surface area (Å²) in [6, 6.07) is 2.73. The van der Waals surface area contributed by atoms with Crippen LogP contribution in [0.3, 0.4) is 0 Å². The summed E-state index contributed by atoms with van der Waals surface area (Å²) < 4.78 is 26.7. The third kappa shape index (κ3) is 4.83. The lowest BCUT2D eigenvalue weighted by molar-refractivity contribution is 0.370. The van der Waals surface area contributed by atoms with Crippen molar-refractivity contribution in [2.24, 2.45) is 5.73 Å². The molecule has 1 aromatic rings. The molecule has 3 N–H and O–H groups in total. The predicted molar refractivity (Wildman–Crippen MR) is 78.5 cm³/mol. The van der Waals surface area contributed by atoms with Crippen LogP contribution in [0.25, 0.3) is 0 Å². The number of hydrogen-bond acceptors (Lipinski definition) is 5. The molecule has 0 aliphatic carbocycles. The van der Waals surface area contributed by atoms with Gasteiger partial charge in [0.05, 0.1) is 5.69 Å². The van der Waals surface area contributed by atoms with Crippen LogP contribution in [0, 0.1) is 0 Å². The van der Waals surface area contributed by atoms with Gasteiger partial charge in [0.25, 0.3) is 0 Å². The fraction of sp³-hybridized carbons (Fsp3) is 0.455. The number of sulfonamides is 1. The van der Waals surface area contributed by atoms with Crippen molar-refractivity contribution in [1.29, 1.82) is 0 Å². The number of hydrogen-bond donors (Lipinski definition) is 2. The fourth-order valence-corrected chi connectivity index (χ4v) is 2.90. The highest BCUT2D eigenvalue weighted by atomic mass is 32.2. The minimum absolute atomic E-state index is 0.0955. The zero-order chi connectivity index (χ0) is 14.6. The van der Waals surface area contributed by atoms with Gasteiger partial charge in [-0.1, -0.05) is 12.2 Å². The minimum Gasteiger partial charge on any atom is -0.388 e. The van der Waals surface area contributed by atoms with E-state index in [1.165, 1.54) is 18.3 Å². The van der Waals surface area contributed by atoms with Gasteiger partial charge in [0.2, 0.25) is 10.0 Å². The Balaban J connectivity index is 2.85. The monoisotopic (exact) mass is 302 g/mol. The standard InChI is InChI=1S/C11H18N4O2S2/c1-8(7-15(2)3)14-19(16,17)9-4-5-10(11(12)18)13-6-9/h4-6,8,14H,7H2,1-3H3,(H2,12,18). The van der Waals surface area contributed by atoms with Gasteiger partial charge in [-0.3, -0.25) is 4.98 Å². The van der Waals surface area contributed by atoms with Gasteiger partial charge in [-0.2, -0.15) is 0 Å². The van der Waals surface area contributed by atoms with Crippen LogP contribution in [-0.4, -0.2) is 50.0 Å². The molecule has 8 heteroatoms. The average Bonchev–Trinajstić information content (AvgIpc) is 2.27. The first-order valence-corrected chi connectivity index (χ1v) is 7.54. The molecule has 6 nitrogen and oxygen atoms in total. The summed E-state index contributed by atoms with van der Waals surface area (Å²) in [7, 11) is 0.186. The van der Waals surface area contributed by atoms with E-state index in [1.807, 2.05) is 19.0 Å². The Morgan fingerprint density at radius 1 is 1.53 bits per heavy atom. The molecule has 0 saturated heterocycles. The molecule has 0 aromatic carbocycles. The van der Waals surface area contributed by atoms with Crippen LogP contribution in [0.1, 0.15) is 12.6 Å². The normalized spacial score (nSPS) is 13.5. The van der Waals surface area contributed by atoms with Gasteiger partial charge < -0.3 is 10.6 Å². The molecule has 1 unspecified atom stereocenters. The number of nitrogens with zero attached hydrogens (tertiary/aromatic N) is 2. The lowest BCUT2D eigenvalue weighted by Crippen LogP contribution is -2.39. The number of nitrogens with one attached hydrogen (secondary N) is 1. The SMILES string of the molecule is CC(CN(C)C)NS(=O)(=O)c1ccc(C(N)=S)nc1. The second-order valence-electron chi connectivity index (χ2n) is 4.53. The van der Waals surface area contributed by atoms with E-state index < -0.39 is 10.0 Å². The Kier molecular flexibility index (Phi) is 5.36. The smallest absolute Gasteiger partial charge is 0.242 e. The van der Waals surface area contributed by atoms with E-state index in [-0.39, 0.29) is 15.9 Å². The number of nitrogens with two attached hydrogens (primary N) is 1. The van der Waals surface area contributed by atoms with Crippen molar-refractivity contribution in [3.63, 3.8) is 0 Å². The molecule has 0 saturated carbocycles. The molecule has 106 valence electrons. The van der Waals surface area contributed by atoms with Crippen LogP contribution in [0.5, 0.6) is 0 Å². The number of rotatable bonds is 6. The van der Waals surface area contributed by atoms with Gasteiger partial charge in [-0.15, -0.1) is 0 Å². The van der Waals surface area contributed by atoms with Crippen LogP contribution in [-0.2, 0) is 10.0 Å². The molecule has 1 heterocycles. The Hall–Kier alpha value is -1.09. The predicted octanol–water partition coefficient (Wildman–Crippen LogP) is -0.0558. The Bertz CT molecular complexity index is 540. The van der Waals surface area contributed by atoms with E-state index in [1.54, 1.807) is 6.92 Å². The first-order chi connectivity index (χ1) is 8.72. The summed E-state index contributed by atoms with van der Waals surface area (Å²) in [5.74, 6) is 0. The van der Waals surface area contributed by atoms with E-state index in [0.29, 0.717) is 12.2 Å². The van der Waals surface area contributed by atoms with Crippen molar-refractivity contribution in [1.82, 2.24) is 14.6 Å². The van der Waals surface area contributed by atoms with E-state index in [2.05, 4.69) is 9.71 Å². The van der Waals surface area contributed by atoms with Crippen LogP contribution >= 0.6 is 12.2 Å². The molecule has 0 aliphatic rings. The maximum Gasteiger partial charge on any atom is 0.242 e. The van der Waals surface area contributed by atoms with E-state index in [4.69, 9.17) is 18.0 Å². The molecule has 19 heavy (non-hydrogen) atoms. The molecule has 1 rings (SSSR count). The quantitative estimate of drug-likeness (QED) is 0.716. The summed E-state index contributed by atoms with van der Waals surface area (Å²) in [6.45, 7) is 2.41. The molecule has 0 bridgehead atoms. The van der Waals surface area contributed by atoms with Gasteiger partial charge in [-0.25, -0.2) is 13.1 Å². The van der Waals surface area contributed by atoms with Gasteiger partial charge in [0.1, 0.15) is 9.88 Å². The zero-order valence-electron chi connectivity index (χ0n) is 11.1. The van der Waals surface area contributed by atoms with Gasteiger partial charge in [0.15, 0.2) is 0 Å². The summed E-state index contributed by atoms with van der Waals surface area (Å²) >= 11 is 4.76. The second-order valence-corrected chi connectivity index (χ2v) is 6.68. The summed E-state index contributed by atoms with van der Waals surface area (Å²) in [5, 5.41) is 0. The van der Waals surface area contributed by atoms with E-state index in [9.17, 15) is 8.42 Å². The number of likely N-dealkylation sites (N-methyl/N-ethyl adjacent to an activating group) is 1. The van der Waals surface area contributed by atoms with E-state index in [0.717, 1.165) is 0 Å². The molecular weight excluding hydrogens is 284 g/mol. The highest BCUT2D eigenvalue weighted by Crippen LogP contribution is 2.08. The largest absolute Gasteiger partial charge is 0.388 e. The Morgan fingerprint density at radius 3 is 2.58 bits per heavy atom. The van der Waals surface area contributed by atoms with E-state index >= 15 is 0 Å². The Labute approximate surface area is 119 Å². The van der Waals surface area contributed by atoms with Crippen LogP contribution in [0.15, 0.2) is 23.2 Å². The zero-order valence-corrected chi connectivity index (χ0v) is 12.8. The minimum atomic E-state index is -3.57. The molecule has 0 spiro atoms. The maximum absolute atomic E-state index is 12.1. The van der Waals surface area contributed by atoms with Crippen LogP contribution in [0.2, 0.25) is 0 Å². The van der Waals surface area contributed by atoms with Gasteiger partial charge in [-0.05, 0) is 33.2 Å².